The summed E-state index contributed by atoms with van der Waals surface area (Å²) in [5.41, 5.74) is 1.47. The van der Waals surface area contributed by atoms with E-state index in [1.54, 1.807) is 18.3 Å². The molecule has 1 atom stereocenters. The molecular weight excluding hydrogens is 246 g/mol. The number of aromatic amines is 1. The van der Waals surface area contributed by atoms with Crippen molar-refractivity contribution in [1.29, 1.82) is 0 Å². The summed E-state index contributed by atoms with van der Waals surface area (Å²) in [5.74, 6) is -0.160. The number of H-pyrrole nitrogens is 1. The molecule has 0 spiro atoms. The summed E-state index contributed by atoms with van der Waals surface area (Å²) in [7, 11) is 1.53. The van der Waals surface area contributed by atoms with Gasteiger partial charge in [0, 0.05) is 24.6 Å². The number of benzene rings is 1. The molecule has 6 nitrogen and oxygen atoms in total. The monoisotopic (exact) mass is 263 g/mol. The van der Waals surface area contributed by atoms with Crippen LogP contribution in [0.4, 0.5) is 0 Å². The minimum Gasteiger partial charge on any atom is -0.391 e. The molecule has 2 rings (SSSR count). The molecule has 102 valence electrons. The van der Waals surface area contributed by atoms with Gasteiger partial charge in [-0.15, -0.1) is 0 Å². The predicted octanol–water partition coefficient (Wildman–Crippen LogP) is 0.690. The van der Waals surface area contributed by atoms with Crippen molar-refractivity contribution in [3.8, 4) is 0 Å². The van der Waals surface area contributed by atoms with Gasteiger partial charge in [0.15, 0.2) is 0 Å². The second-order valence-electron chi connectivity index (χ2n) is 4.33. The van der Waals surface area contributed by atoms with E-state index in [9.17, 15) is 9.90 Å². The molecule has 0 fully saturated rings. The number of hydrogen-bond donors (Lipinski definition) is 3. The van der Waals surface area contributed by atoms with E-state index in [0.29, 0.717) is 18.5 Å². The zero-order valence-corrected chi connectivity index (χ0v) is 10.7. The number of amides is 1. The van der Waals surface area contributed by atoms with E-state index in [1.807, 2.05) is 6.07 Å². The molecule has 19 heavy (non-hydrogen) atoms. The molecular formula is C13H17N3O3. The Labute approximate surface area is 110 Å². The first-order chi connectivity index (χ1) is 9.20. The molecule has 0 saturated heterocycles. The molecule has 0 aliphatic carbocycles. The summed E-state index contributed by atoms with van der Waals surface area (Å²) in [4.78, 5) is 11.9. The van der Waals surface area contributed by atoms with Crippen LogP contribution in [0.15, 0.2) is 24.4 Å². The van der Waals surface area contributed by atoms with Crippen molar-refractivity contribution < 1.29 is 14.6 Å². The van der Waals surface area contributed by atoms with Crippen LogP contribution in [-0.4, -0.2) is 47.6 Å². The fourth-order valence-corrected chi connectivity index (χ4v) is 1.81. The molecule has 1 unspecified atom stereocenters. The summed E-state index contributed by atoms with van der Waals surface area (Å²) in [5, 5.41) is 19.8. The van der Waals surface area contributed by atoms with Crippen LogP contribution in [0.25, 0.3) is 10.9 Å². The molecule has 1 amide bonds. The number of fused-ring (bicyclic) bond motifs is 1. The number of hydrogen-bond acceptors (Lipinski definition) is 4. The maximum atomic E-state index is 11.9. The van der Waals surface area contributed by atoms with Gasteiger partial charge in [0.1, 0.15) is 0 Å². The number of ether oxygens (including phenoxy) is 1. The lowest BCUT2D eigenvalue weighted by atomic mass is 10.1. The molecule has 6 heteroatoms. The molecule has 1 heterocycles. The largest absolute Gasteiger partial charge is 0.391 e. The minimum atomic E-state index is -0.554. The first kappa shape index (κ1) is 13.5. The van der Waals surface area contributed by atoms with Crippen LogP contribution >= 0.6 is 0 Å². The highest BCUT2D eigenvalue weighted by atomic mass is 16.5. The van der Waals surface area contributed by atoms with Gasteiger partial charge in [0.05, 0.1) is 24.4 Å². The number of carbonyl (C=O) groups is 1. The molecule has 2 aromatic rings. The van der Waals surface area contributed by atoms with Crippen molar-refractivity contribution in [2.45, 2.75) is 12.5 Å². The number of aromatic nitrogens is 2. The second kappa shape index (κ2) is 6.31. The molecule has 0 bridgehead atoms. The van der Waals surface area contributed by atoms with Crippen LogP contribution in [0.3, 0.4) is 0 Å². The van der Waals surface area contributed by atoms with Crippen LogP contribution in [0.1, 0.15) is 16.8 Å². The number of nitrogens with one attached hydrogen (secondary N) is 2. The molecule has 0 radical (unpaired) electrons. The number of aliphatic hydroxyl groups excluding tert-OH is 1. The third kappa shape index (κ3) is 3.52. The summed E-state index contributed by atoms with van der Waals surface area (Å²) in [6, 6.07) is 5.33. The third-order valence-corrected chi connectivity index (χ3v) is 2.82. The standard InChI is InChI=1S/C13H17N3O3/c1-19-8-11(17)4-5-14-13(18)9-2-3-12-10(6-9)7-15-16-12/h2-3,6-7,11,17H,4-5,8H2,1H3,(H,14,18)(H,15,16). The highest BCUT2D eigenvalue weighted by Gasteiger charge is 2.08. The second-order valence-corrected chi connectivity index (χ2v) is 4.33. The van der Waals surface area contributed by atoms with Crippen LogP contribution in [0.2, 0.25) is 0 Å². The molecule has 3 N–H and O–H groups in total. The first-order valence-electron chi connectivity index (χ1n) is 6.09. The van der Waals surface area contributed by atoms with E-state index >= 15 is 0 Å². The van der Waals surface area contributed by atoms with Gasteiger partial charge >= 0.3 is 0 Å². The van der Waals surface area contributed by atoms with Gasteiger partial charge < -0.3 is 15.2 Å². The predicted molar refractivity (Wildman–Crippen MR) is 70.9 cm³/mol. The van der Waals surface area contributed by atoms with Crippen molar-refractivity contribution in [3.63, 3.8) is 0 Å². The van der Waals surface area contributed by atoms with Gasteiger partial charge in [-0.05, 0) is 24.6 Å². The lowest BCUT2D eigenvalue weighted by Crippen LogP contribution is -2.28. The molecule has 0 aliphatic rings. The van der Waals surface area contributed by atoms with Crippen molar-refractivity contribution in [3.05, 3.63) is 30.0 Å². The highest BCUT2D eigenvalue weighted by Crippen LogP contribution is 2.12. The number of rotatable bonds is 6. The first-order valence-corrected chi connectivity index (χ1v) is 6.09. The van der Waals surface area contributed by atoms with E-state index in [2.05, 4.69) is 15.5 Å². The highest BCUT2D eigenvalue weighted by molar-refractivity contribution is 5.97. The number of methoxy groups -OCH3 is 1. The number of aliphatic hydroxyl groups is 1. The van der Waals surface area contributed by atoms with Crippen LogP contribution in [0, 0.1) is 0 Å². The molecule has 0 aliphatic heterocycles. The normalized spacial score (nSPS) is 12.5. The lowest BCUT2D eigenvalue weighted by molar-refractivity contribution is 0.0587. The van der Waals surface area contributed by atoms with E-state index in [1.165, 1.54) is 7.11 Å². The number of carbonyl (C=O) groups excluding carboxylic acids is 1. The number of nitrogens with zero attached hydrogens (tertiary/aromatic N) is 1. The van der Waals surface area contributed by atoms with Crippen molar-refractivity contribution >= 4 is 16.8 Å². The summed E-state index contributed by atoms with van der Waals surface area (Å²) in [6.45, 7) is 0.684. The van der Waals surface area contributed by atoms with E-state index in [4.69, 9.17) is 4.74 Å². The van der Waals surface area contributed by atoms with Crippen molar-refractivity contribution in [1.82, 2.24) is 15.5 Å². The average Bonchev–Trinajstić information content (AvgIpc) is 2.86. The maximum absolute atomic E-state index is 11.9. The Balaban J connectivity index is 1.89. The molecule has 1 aromatic carbocycles. The Morgan fingerprint density at radius 2 is 2.42 bits per heavy atom. The molecule has 0 saturated carbocycles. The van der Waals surface area contributed by atoms with Gasteiger partial charge in [-0.2, -0.15) is 5.10 Å². The minimum absolute atomic E-state index is 0.160. The van der Waals surface area contributed by atoms with Crippen LogP contribution in [-0.2, 0) is 4.74 Å². The summed E-state index contributed by atoms with van der Waals surface area (Å²) < 4.78 is 4.81. The zero-order chi connectivity index (χ0) is 13.7. The van der Waals surface area contributed by atoms with E-state index < -0.39 is 6.10 Å². The average molecular weight is 263 g/mol. The quantitative estimate of drug-likeness (QED) is 0.715. The SMILES string of the molecule is COCC(O)CCNC(=O)c1ccc2[nH]ncc2c1. The van der Waals surface area contributed by atoms with Crippen molar-refractivity contribution in [2.24, 2.45) is 0 Å². The van der Waals surface area contributed by atoms with Crippen LogP contribution < -0.4 is 5.32 Å². The smallest absolute Gasteiger partial charge is 0.251 e. The Kier molecular flexibility index (Phi) is 4.48. The van der Waals surface area contributed by atoms with Gasteiger partial charge in [-0.3, -0.25) is 9.89 Å². The van der Waals surface area contributed by atoms with E-state index in [-0.39, 0.29) is 12.5 Å². The summed E-state index contributed by atoms with van der Waals surface area (Å²) in [6.07, 6.45) is 1.59. The molecule has 1 aromatic heterocycles. The zero-order valence-electron chi connectivity index (χ0n) is 10.7. The fourth-order valence-electron chi connectivity index (χ4n) is 1.81. The topological polar surface area (TPSA) is 87.2 Å². The lowest BCUT2D eigenvalue weighted by Gasteiger charge is -2.10. The van der Waals surface area contributed by atoms with Gasteiger partial charge in [0.25, 0.3) is 5.91 Å². The van der Waals surface area contributed by atoms with E-state index in [0.717, 1.165) is 10.9 Å². The fraction of sp³-hybridized carbons (Fsp3) is 0.385. The van der Waals surface area contributed by atoms with Crippen molar-refractivity contribution in [2.75, 3.05) is 20.3 Å². The van der Waals surface area contributed by atoms with Gasteiger partial charge in [-0.1, -0.05) is 0 Å². The Bertz CT molecular complexity index is 553. The summed E-state index contributed by atoms with van der Waals surface area (Å²) >= 11 is 0. The van der Waals surface area contributed by atoms with Gasteiger partial charge in [-0.25, -0.2) is 0 Å². The Morgan fingerprint density at radius 1 is 1.58 bits per heavy atom. The van der Waals surface area contributed by atoms with Crippen LogP contribution in [0.5, 0.6) is 0 Å². The third-order valence-electron chi connectivity index (χ3n) is 2.82. The Morgan fingerprint density at radius 3 is 3.21 bits per heavy atom. The van der Waals surface area contributed by atoms with Gasteiger partial charge in [0.2, 0.25) is 0 Å². The Hall–Kier alpha value is -1.92. The maximum Gasteiger partial charge on any atom is 0.251 e.